The fourth-order valence-electron chi connectivity index (χ4n) is 3.84. The molecule has 1 heterocycles. The Morgan fingerprint density at radius 2 is 1.55 bits per heavy atom. The Labute approximate surface area is 196 Å². The number of carbonyl (C=O) groups excluding carboxylic acids is 1. The van der Waals surface area contributed by atoms with Crippen LogP contribution in [0.1, 0.15) is 21.5 Å². The molecule has 5 rings (SSSR count). The second-order valence-corrected chi connectivity index (χ2v) is 8.27. The largest absolute Gasteiger partial charge is 0.332 e. The number of carbonyl (C=O) groups is 1. The van der Waals surface area contributed by atoms with Crippen LogP contribution in [0.25, 0.3) is 27.5 Å². The Morgan fingerprint density at radius 1 is 0.848 bits per heavy atom. The SMILES string of the molecule is Cc1cc2nn(-c3cccc4ccccc34)nc2cc1NC(=S)NC(=O)c1ccccc1C. The first kappa shape index (κ1) is 20.8. The van der Waals surface area contributed by atoms with Gasteiger partial charge in [-0.2, -0.15) is 0 Å². The number of nitrogens with one attached hydrogen (secondary N) is 2. The van der Waals surface area contributed by atoms with E-state index >= 15 is 0 Å². The fraction of sp³-hybridized carbons (Fsp3) is 0.0769. The van der Waals surface area contributed by atoms with E-state index in [1.165, 1.54) is 0 Å². The normalized spacial score (nSPS) is 11.0. The predicted molar refractivity (Wildman–Crippen MR) is 136 cm³/mol. The summed E-state index contributed by atoms with van der Waals surface area (Å²) in [6.45, 7) is 3.85. The van der Waals surface area contributed by atoms with Crippen LogP contribution < -0.4 is 10.6 Å². The van der Waals surface area contributed by atoms with Crippen LogP contribution in [-0.2, 0) is 0 Å². The second kappa shape index (κ2) is 8.44. The molecule has 6 nitrogen and oxygen atoms in total. The molecule has 0 bridgehead atoms. The van der Waals surface area contributed by atoms with Gasteiger partial charge in [0.1, 0.15) is 11.0 Å². The van der Waals surface area contributed by atoms with Crippen molar-refractivity contribution < 1.29 is 4.79 Å². The lowest BCUT2D eigenvalue weighted by molar-refractivity contribution is 0.0977. The summed E-state index contributed by atoms with van der Waals surface area (Å²) >= 11 is 5.39. The number of anilines is 1. The molecular formula is C26H21N5OS. The molecule has 0 aliphatic heterocycles. The molecule has 0 unspecified atom stereocenters. The first-order valence-electron chi connectivity index (χ1n) is 10.5. The van der Waals surface area contributed by atoms with Crippen LogP contribution in [-0.4, -0.2) is 26.0 Å². The number of amides is 1. The Kier molecular flexibility index (Phi) is 5.32. The number of rotatable bonds is 3. The van der Waals surface area contributed by atoms with Gasteiger partial charge in [-0.25, -0.2) is 0 Å². The summed E-state index contributed by atoms with van der Waals surface area (Å²) in [5.41, 5.74) is 5.61. The zero-order chi connectivity index (χ0) is 22.9. The molecule has 0 aliphatic carbocycles. The first-order valence-corrected chi connectivity index (χ1v) is 10.9. The standard InChI is InChI=1S/C26H21N5OS/c1-16-8-3-5-11-19(16)25(32)28-26(33)27-21-15-23-22(14-17(21)2)29-31(30-23)24-13-7-10-18-9-4-6-12-20(18)24/h3-15H,1-2H3,(H2,27,28,32,33). The maximum absolute atomic E-state index is 12.6. The monoisotopic (exact) mass is 451 g/mol. The molecule has 1 amide bonds. The zero-order valence-electron chi connectivity index (χ0n) is 18.2. The first-order chi connectivity index (χ1) is 16.0. The maximum atomic E-state index is 12.6. The molecule has 162 valence electrons. The van der Waals surface area contributed by atoms with Crippen molar-refractivity contribution in [3.8, 4) is 5.69 Å². The van der Waals surface area contributed by atoms with Crippen LogP contribution in [0.2, 0.25) is 0 Å². The van der Waals surface area contributed by atoms with E-state index in [0.29, 0.717) is 5.56 Å². The average Bonchev–Trinajstić information content (AvgIpc) is 3.21. The number of benzene rings is 4. The van der Waals surface area contributed by atoms with Gasteiger partial charge in [-0.05, 0) is 66.8 Å². The van der Waals surface area contributed by atoms with Gasteiger partial charge in [0.2, 0.25) is 0 Å². The number of thiocarbonyl (C=S) groups is 1. The highest BCUT2D eigenvalue weighted by Gasteiger charge is 2.13. The Bertz CT molecular complexity index is 1530. The fourth-order valence-corrected chi connectivity index (χ4v) is 4.05. The van der Waals surface area contributed by atoms with Crippen molar-refractivity contribution in [3.05, 3.63) is 95.6 Å². The highest BCUT2D eigenvalue weighted by molar-refractivity contribution is 7.80. The molecule has 1 aromatic heterocycles. The van der Waals surface area contributed by atoms with Crippen molar-refractivity contribution in [2.24, 2.45) is 0 Å². The van der Waals surface area contributed by atoms with E-state index in [1.54, 1.807) is 10.9 Å². The van der Waals surface area contributed by atoms with E-state index < -0.39 is 0 Å². The third-order valence-corrected chi connectivity index (χ3v) is 5.78. The van der Waals surface area contributed by atoms with Crippen LogP contribution >= 0.6 is 12.2 Å². The van der Waals surface area contributed by atoms with Crippen LogP contribution in [0.4, 0.5) is 5.69 Å². The quantitative estimate of drug-likeness (QED) is 0.364. The molecule has 0 atom stereocenters. The minimum absolute atomic E-state index is 0.229. The molecule has 0 saturated carbocycles. The van der Waals surface area contributed by atoms with Gasteiger partial charge in [-0.1, -0.05) is 54.6 Å². The summed E-state index contributed by atoms with van der Waals surface area (Å²) in [4.78, 5) is 14.2. The summed E-state index contributed by atoms with van der Waals surface area (Å²) in [6.07, 6.45) is 0. The van der Waals surface area contributed by atoms with Crippen LogP contribution in [0.3, 0.4) is 0 Å². The van der Waals surface area contributed by atoms with Crippen LogP contribution in [0, 0.1) is 13.8 Å². The lowest BCUT2D eigenvalue weighted by Gasteiger charge is -2.12. The van der Waals surface area contributed by atoms with E-state index in [9.17, 15) is 4.79 Å². The van der Waals surface area contributed by atoms with Gasteiger partial charge in [0.15, 0.2) is 5.11 Å². The van der Waals surface area contributed by atoms with Gasteiger partial charge >= 0.3 is 0 Å². The third-order valence-electron chi connectivity index (χ3n) is 5.57. The van der Waals surface area contributed by atoms with E-state index in [2.05, 4.69) is 33.9 Å². The van der Waals surface area contributed by atoms with E-state index in [1.807, 2.05) is 68.4 Å². The molecular weight excluding hydrogens is 430 g/mol. The molecule has 4 aromatic carbocycles. The van der Waals surface area contributed by atoms with Crippen molar-refractivity contribution in [3.63, 3.8) is 0 Å². The lowest BCUT2D eigenvalue weighted by atomic mass is 10.1. The van der Waals surface area contributed by atoms with Crippen molar-refractivity contribution in [1.82, 2.24) is 20.3 Å². The molecule has 33 heavy (non-hydrogen) atoms. The Balaban J connectivity index is 1.42. The number of aryl methyl sites for hydroxylation is 2. The molecule has 0 spiro atoms. The molecule has 2 N–H and O–H groups in total. The number of fused-ring (bicyclic) bond motifs is 2. The minimum Gasteiger partial charge on any atom is -0.332 e. The molecule has 5 aromatic rings. The van der Waals surface area contributed by atoms with Crippen molar-refractivity contribution in [1.29, 1.82) is 0 Å². The molecule has 0 aliphatic rings. The van der Waals surface area contributed by atoms with Crippen molar-refractivity contribution in [2.45, 2.75) is 13.8 Å². The number of hydrogen-bond donors (Lipinski definition) is 2. The Hall–Kier alpha value is -4.10. The lowest BCUT2D eigenvalue weighted by Crippen LogP contribution is -2.34. The zero-order valence-corrected chi connectivity index (χ0v) is 19.0. The van der Waals surface area contributed by atoms with Gasteiger partial charge in [0, 0.05) is 16.6 Å². The molecule has 7 heteroatoms. The topological polar surface area (TPSA) is 71.8 Å². The van der Waals surface area contributed by atoms with Gasteiger partial charge in [0.05, 0.1) is 5.69 Å². The third kappa shape index (κ3) is 4.06. The maximum Gasteiger partial charge on any atom is 0.257 e. The molecule has 0 radical (unpaired) electrons. The molecule has 0 fully saturated rings. The number of aromatic nitrogens is 3. The van der Waals surface area contributed by atoms with Gasteiger partial charge in [-0.3, -0.25) is 10.1 Å². The van der Waals surface area contributed by atoms with Crippen molar-refractivity contribution >= 4 is 50.7 Å². The second-order valence-electron chi connectivity index (χ2n) is 7.87. The average molecular weight is 452 g/mol. The van der Waals surface area contributed by atoms with Crippen LogP contribution in [0.5, 0.6) is 0 Å². The summed E-state index contributed by atoms with van der Waals surface area (Å²) in [6, 6.07) is 25.5. The molecule has 0 saturated heterocycles. The van der Waals surface area contributed by atoms with Gasteiger partial charge < -0.3 is 5.32 Å². The number of nitrogens with zero attached hydrogens (tertiary/aromatic N) is 3. The summed E-state index contributed by atoms with van der Waals surface area (Å²) in [7, 11) is 0. The van der Waals surface area contributed by atoms with Gasteiger partial charge in [0.25, 0.3) is 5.91 Å². The predicted octanol–water partition coefficient (Wildman–Crippen LogP) is 5.32. The van der Waals surface area contributed by atoms with E-state index in [4.69, 9.17) is 17.3 Å². The highest BCUT2D eigenvalue weighted by Crippen LogP contribution is 2.25. The van der Waals surface area contributed by atoms with E-state index in [-0.39, 0.29) is 11.0 Å². The smallest absolute Gasteiger partial charge is 0.257 e. The minimum atomic E-state index is -0.244. The summed E-state index contributed by atoms with van der Waals surface area (Å²) in [5, 5.41) is 17.7. The van der Waals surface area contributed by atoms with E-state index in [0.717, 1.165) is 44.3 Å². The van der Waals surface area contributed by atoms with Crippen molar-refractivity contribution in [2.75, 3.05) is 5.32 Å². The van der Waals surface area contributed by atoms with Gasteiger partial charge in [-0.15, -0.1) is 15.0 Å². The van der Waals surface area contributed by atoms with Crippen LogP contribution in [0.15, 0.2) is 78.9 Å². The highest BCUT2D eigenvalue weighted by atomic mass is 32.1. The Morgan fingerprint density at radius 3 is 2.36 bits per heavy atom. The summed E-state index contributed by atoms with van der Waals surface area (Å²) in [5.74, 6) is -0.244. The summed E-state index contributed by atoms with van der Waals surface area (Å²) < 4.78 is 0. The number of hydrogen-bond acceptors (Lipinski definition) is 4.